The molecule has 0 spiro atoms. The number of hydrogen-bond donors (Lipinski definition) is 2. The van der Waals surface area contributed by atoms with Gasteiger partial charge >= 0.3 is 0 Å². The first-order chi connectivity index (χ1) is 13.6. The number of nitrogens with zero attached hydrogens (tertiary/aromatic N) is 3. The van der Waals surface area contributed by atoms with Crippen LogP contribution in [0.15, 0.2) is 66.0 Å². The summed E-state index contributed by atoms with van der Waals surface area (Å²) in [7, 11) is 0. The molecule has 142 valence electrons. The number of aliphatic hydroxyl groups excluding tert-OH is 1. The lowest BCUT2D eigenvalue weighted by atomic mass is 9.95. The van der Waals surface area contributed by atoms with E-state index in [1.54, 1.807) is 12.3 Å². The van der Waals surface area contributed by atoms with Crippen molar-refractivity contribution >= 4 is 17.3 Å². The molecule has 0 unspecified atom stereocenters. The number of hydrogen-bond acceptors (Lipinski definition) is 4. The van der Waals surface area contributed by atoms with Crippen LogP contribution in [0.5, 0.6) is 0 Å². The highest BCUT2D eigenvalue weighted by Crippen LogP contribution is 2.29. The Morgan fingerprint density at radius 2 is 2.00 bits per heavy atom. The number of aromatic nitrogens is 2. The molecule has 1 saturated carbocycles. The predicted molar refractivity (Wildman–Crippen MR) is 109 cm³/mol. The van der Waals surface area contributed by atoms with Crippen molar-refractivity contribution in [3.05, 3.63) is 66.6 Å². The van der Waals surface area contributed by atoms with Gasteiger partial charge in [0.1, 0.15) is 0 Å². The number of carbonyl (C=O) groups is 1. The van der Waals surface area contributed by atoms with Gasteiger partial charge in [-0.3, -0.25) is 14.8 Å². The number of rotatable bonds is 4. The third kappa shape index (κ3) is 3.73. The van der Waals surface area contributed by atoms with Crippen LogP contribution in [0.1, 0.15) is 36.0 Å². The van der Waals surface area contributed by atoms with Gasteiger partial charge in [-0.05, 0) is 68.1 Å². The molecule has 1 amide bonds. The zero-order valence-corrected chi connectivity index (χ0v) is 15.5. The van der Waals surface area contributed by atoms with Crippen molar-refractivity contribution < 1.29 is 9.90 Å². The van der Waals surface area contributed by atoms with E-state index in [1.165, 1.54) is 0 Å². The monoisotopic (exact) mass is 374 g/mol. The Kier molecular flexibility index (Phi) is 5.04. The van der Waals surface area contributed by atoms with Crippen LogP contribution in [-0.4, -0.2) is 32.4 Å². The SMILES string of the molecule is NC(=O)c1ccc(-n2cccc2-c2cccnc2)cc1N=C1CCC(O)CC1. The van der Waals surface area contributed by atoms with Gasteiger partial charge < -0.3 is 15.4 Å². The molecule has 0 bridgehead atoms. The first kappa shape index (κ1) is 18.1. The molecule has 3 aromatic rings. The van der Waals surface area contributed by atoms with Crippen LogP contribution >= 0.6 is 0 Å². The summed E-state index contributed by atoms with van der Waals surface area (Å²) in [6.45, 7) is 0. The fraction of sp³-hybridized carbons (Fsp3) is 0.227. The maximum absolute atomic E-state index is 11.9. The number of aliphatic hydroxyl groups is 1. The van der Waals surface area contributed by atoms with Gasteiger partial charge in [-0.15, -0.1) is 0 Å². The van der Waals surface area contributed by atoms with Crippen molar-refractivity contribution in [2.24, 2.45) is 10.7 Å². The Balaban J connectivity index is 1.76. The van der Waals surface area contributed by atoms with Crippen molar-refractivity contribution in [1.82, 2.24) is 9.55 Å². The van der Waals surface area contributed by atoms with Crippen LogP contribution in [0.2, 0.25) is 0 Å². The molecule has 0 aliphatic heterocycles. The first-order valence-corrected chi connectivity index (χ1v) is 9.38. The third-order valence-corrected chi connectivity index (χ3v) is 5.04. The number of carbonyl (C=O) groups excluding carboxylic acids is 1. The molecule has 2 aromatic heterocycles. The fourth-order valence-corrected chi connectivity index (χ4v) is 3.54. The average molecular weight is 374 g/mol. The normalized spacial score (nSPS) is 16.8. The lowest BCUT2D eigenvalue weighted by Crippen LogP contribution is -2.18. The summed E-state index contributed by atoms with van der Waals surface area (Å²) in [4.78, 5) is 20.8. The molecular formula is C22H22N4O2. The molecule has 6 nitrogen and oxygen atoms in total. The standard InChI is InChI=1S/C22H22N4O2/c23-22(28)19-10-7-17(13-20(19)25-16-5-8-18(27)9-6-16)26-12-2-4-21(26)15-3-1-11-24-14-15/h1-4,7,10-14,18,27H,5-6,8-9H2,(H2,23,28). The number of aliphatic imine (C=N–C) groups is 1. The van der Waals surface area contributed by atoms with E-state index in [2.05, 4.69) is 4.98 Å². The highest BCUT2D eigenvalue weighted by atomic mass is 16.3. The number of nitrogens with two attached hydrogens (primary N) is 1. The summed E-state index contributed by atoms with van der Waals surface area (Å²) >= 11 is 0. The van der Waals surface area contributed by atoms with E-state index in [-0.39, 0.29) is 6.10 Å². The molecule has 2 heterocycles. The van der Waals surface area contributed by atoms with Crippen molar-refractivity contribution in [3.63, 3.8) is 0 Å². The molecule has 6 heteroatoms. The van der Waals surface area contributed by atoms with Gasteiger partial charge in [-0.1, -0.05) is 0 Å². The average Bonchev–Trinajstić information content (AvgIpc) is 3.20. The predicted octanol–water partition coefficient (Wildman–Crippen LogP) is 3.65. The van der Waals surface area contributed by atoms with E-state index >= 15 is 0 Å². The molecule has 1 aromatic carbocycles. The molecule has 0 saturated heterocycles. The van der Waals surface area contributed by atoms with Gasteiger partial charge in [0, 0.05) is 35.6 Å². The molecule has 0 atom stereocenters. The molecule has 3 N–H and O–H groups in total. The summed E-state index contributed by atoms with van der Waals surface area (Å²) in [6, 6.07) is 13.4. The van der Waals surface area contributed by atoms with Crippen molar-refractivity contribution in [1.29, 1.82) is 0 Å². The van der Waals surface area contributed by atoms with Crippen molar-refractivity contribution in [2.45, 2.75) is 31.8 Å². The highest BCUT2D eigenvalue weighted by Gasteiger charge is 2.17. The number of primary amides is 1. The molecular weight excluding hydrogens is 352 g/mol. The van der Waals surface area contributed by atoms with Crippen LogP contribution in [0, 0.1) is 0 Å². The van der Waals surface area contributed by atoms with E-state index < -0.39 is 5.91 Å². The van der Waals surface area contributed by atoms with Crippen LogP contribution in [0.3, 0.4) is 0 Å². The highest BCUT2D eigenvalue weighted by molar-refractivity contribution is 6.00. The largest absolute Gasteiger partial charge is 0.393 e. The van der Waals surface area contributed by atoms with Crippen LogP contribution < -0.4 is 5.73 Å². The summed E-state index contributed by atoms with van der Waals surface area (Å²) < 4.78 is 2.04. The molecule has 1 aliphatic carbocycles. The smallest absolute Gasteiger partial charge is 0.250 e. The minimum Gasteiger partial charge on any atom is -0.393 e. The number of pyridine rings is 1. The third-order valence-electron chi connectivity index (χ3n) is 5.04. The van der Waals surface area contributed by atoms with Gasteiger partial charge in [-0.25, -0.2) is 0 Å². The maximum Gasteiger partial charge on any atom is 0.250 e. The van der Waals surface area contributed by atoms with Crippen LogP contribution in [-0.2, 0) is 0 Å². The summed E-state index contributed by atoms with van der Waals surface area (Å²) in [5.41, 5.74) is 10.4. The molecule has 28 heavy (non-hydrogen) atoms. The topological polar surface area (TPSA) is 93.5 Å². The molecule has 0 radical (unpaired) electrons. The summed E-state index contributed by atoms with van der Waals surface area (Å²) in [5.74, 6) is -0.498. The van der Waals surface area contributed by atoms with E-state index in [4.69, 9.17) is 10.7 Å². The maximum atomic E-state index is 11.9. The van der Waals surface area contributed by atoms with Crippen LogP contribution in [0.25, 0.3) is 16.9 Å². The Bertz CT molecular complexity index is 1010. The number of amides is 1. The first-order valence-electron chi connectivity index (χ1n) is 9.38. The summed E-state index contributed by atoms with van der Waals surface area (Å²) in [5, 5.41) is 9.71. The Hall–Kier alpha value is -3.25. The second kappa shape index (κ2) is 7.78. The van der Waals surface area contributed by atoms with Crippen molar-refractivity contribution in [2.75, 3.05) is 0 Å². The minimum atomic E-state index is -0.498. The minimum absolute atomic E-state index is 0.261. The van der Waals surface area contributed by atoms with E-state index in [1.807, 2.05) is 53.4 Å². The lowest BCUT2D eigenvalue weighted by Gasteiger charge is -2.19. The second-order valence-corrected chi connectivity index (χ2v) is 6.98. The van der Waals surface area contributed by atoms with E-state index in [0.29, 0.717) is 24.1 Å². The zero-order valence-electron chi connectivity index (χ0n) is 15.5. The zero-order chi connectivity index (χ0) is 19.5. The van der Waals surface area contributed by atoms with E-state index in [0.717, 1.165) is 35.5 Å². The van der Waals surface area contributed by atoms with Gasteiger partial charge in [0.05, 0.1) is 23.0 Å². The Morgan fingerprint density at radius 3 is 2.71 bits per heavy atom. The fourth-order valence-electron chi connectivity index (χ4n) is 3.54. The summed E-state index contributed by atoms with van der Waals surface area (Å²) in [6.07, 6.45) is 8.13. The second-order valence-electron chi connectivity index (χ2n) is 6.98. The molecule has 4 rings (SSSR count). The number of benzene rings is 1. The Morgan fingerprint density at radius 1 is 1.18 bits per heavy atom. The van der Waals surface area contributed by atoms with E-state index in [9.17, 15) is 9.90 Å². The van der Waals surface area contributed by atoms with Crippen LogP contribution in [0.4, 0.5) is 5.69 Å². The lowest BCUT2D eigenvalue weighted by molar-refractivity contribution is 0.100. The molecule has 1 aliphatic rings. The molecule has 1 fully saturated rings. The quantitative estimate of drug-likeness (QED) is 0.730. The Labute approximate surface area is 163 Å². The van der Waals surface area contributed by atoms with Gasteiger partial charge in [-0.2, -0.15) is 0 Å². The van der Waals surface area contributed by atoms with Gasteiger partial charge in [0.15, 0.2) is 0 Å². The van der Waals surface area contributed by atoms with Gasteiger partial charge in [0.25, 0.3) is 5.91 Å². The van der Waals surface area contributed by atoms with Gasteiger partial charge in [0.2, 0.25) is 0 Å². The van der Waals surface area contributed by atoms with Crippen molar-refractivity contribution in [3.8, 4) is 16.9 Å².